The first kappa shape index (κ1) is 3.77. The Bertz CT molecular complexity index is 233. The molecule has 0 aromatic carbocycles. The minimum atomic E-state index is 0.579. The standard InChI is InChI=1S/C8H9N/c1-2-8-4(1)3-5-6(8)7(5)9-8/h1-2,4-7,9H,3H2. The van der Waals surface area contributed by atoms with Gasteiger partial charge in [0.2, 0.25) is 0 Å². The van der Waals surface area contributed by atoms with Crippen LogP contribution in [0.5, 0.6) is 0 Å². The molecule has 1 spiro atoms. The van der Waals surface area contributed by atoms with Gasteiger partial charge in [-0.1, -0.05) is 12.2 Å². The van der Waals surface area contributed by atoms with Crippen LogP contribution in [-0.2, 0) is 0 Å². The summed E-state index contributed by atoms with van der Waals surface area (Å²) < 4.78 is 0. The van der Waals surface area contributed by atoms with Crippen molar-refractivity contribution in [1.82, 2.24) is 5.32 Å². The normalized spacial score (nSPS) is 78.2. The summed E-state index contributed by atoms with van der Waals surface area (Å²) >= 11 is 0. The molecule has 0 aromatic rings. The molecule has 46 valence electrons. The second kappa shape index (κ2) is 0.734. The van der Waals surface area contributed by atoms with Crippen LogP contribution in [-0.4, -0.2) is 11.6 Å². The number of hydrogen-bond acceptors (Lipinski definition) is 1. The van der Waals surface area contributed by atoms with Crippen LogP contribution in [0.15, 0.2) is 12.2 Å². The maximum atomic E-state index is 3.64. The number of fused-ring (bicyclic) bond motifs is 1. The van der Waals surface area contributed by atoms with Gasteiger partial charge in [-0.15, -0.1) is 0 Å². The number of hydrogen-bond donors (Lipinski definition) is 1. The average molecular weight is 119 g/mol. The first-order valence-electron chi connectivity index (χ1n) is 3.89. The maximum Gasteiger partial charge on any atom is 0.0477 e. The monoisotopic (exact) mass is 119 g/mol. The van der Waals surface area contributed by atoms with Crippen LogP contribution in [0.2, 0.25) is 0 Å². The number of rotatable bonds is 0. The van der Waals surface area contributed by atoms with Gasteiger partial charge in [0.1, 0.15) is 0 Å². The van der Waals surface area contributed by atoms with Gasteiger partial charge >= 0.3 is 0 Å². The van der Waals surface area contributed by atoms with Gasteiger partial charge in [0.05, 0.1) is 0 Å². The highest BCUT2D eigenvalue weighted by molar-refractivity contribution is 5.46. The summed E-state index contributed by atoms with van der Waals surface area (Å²) in [6.45, 7) is 0. The van der Waals surface area contributed by atoms with Gasteiger partial charge in [-0.2, -0.15) is 0 Å². The van der Waals surface area contributed by atoms with E-state index in [1.807, 2.05) is 0 Å². The first-order valence-corrected chi connectivity index (χ1v) is 3.89. The molecule has 4 aliphatic rings. The van der Waals surface area contributed by atoms with E-state index in [2.05, 4.69) is 17.5 Å². The van der Waals surface area contributed by atoms with E-state index >= 15 is 0 Å². The van der Waals surface area contributed by atoms with Gasteiger partial charge in [0, 0.05) is 17.5 Å². The smallest absolute Gasteiger partial charge is 0.0477 e. The molecule has 1 N–H and O–H groups in total. The highest BCUT2D eigenvalue weighted by Crippen LogP contribution is 2.71. The largest absolute Gasteiger partial charge is 0.304 e. The zero-order chi connectivity index (χ0) is 5.64. The summed E-state index contributed by atoms with van der Waals surface area (Å²) in [6.07, 6.45) is 6.28. The molecular formula is C8H9N. The lowest BCUT2D eigenvalue weighted by atomic mass is 9.68. The maximum absolute atomic E-state index is 3.64. The Labute approximate surface area is 54.1 Å². The van der Waals surface area contributed by atoms with Gasteiger partial charge in [-0.25, -0.2) is 0 Å². The lowest BCUT2D eigenvalue weighted by Crippen LogP contribution is -2.65. The minimum Gasteiger partial charge on any atom is -0.304 e. The third-order valence-electron chi connectivity index (χ3n) is 3.88. The fourth-order valence-electron chi connectivity index (χ4n) is 3.32. The van der Waals surface area contributed by atoms with Crippen LogP contribution in [0.1, 0.15) is 6.42 Å². The zero-order valence-electron chi connectivity index (χ0n) is 5.17. The van der Waals surface area contributed by atoms with Gasteiger partial charge in [-0.05, 0) is 18.3 Å². The minimum absolute atomic E-state index is 0.579. The van der Waals surface area contributed by atoms with E-state index in [1.54, 1.807) is 0 Å². The average Bonchev–Trinajstić information content (AvgIpc) is 2.21. The van der Waals surface area contributed by atoms with Gasteiger partial charge in [0.25, 0.3) is 0 Å². The summed E-state index contributed by atoms with van der Waals surface area (Å²) in [5, 5.41) is 3.64. The van der Waals surface area contributed by atoms with E-state index in [-0.39, 0.29) is 0 Å². The van der Waals surface area contributed by atoms with E-state index in [9.17, 15) is 0 Å². The molecule has 0 aromatic heterocycles. The van der Waals surface area contributed by atoms with Crippen LogP contribution in [0.4, 0.5) is 0 Å². The van der Waals surface area contributed by atoms with Crippen LogP contribution in [0.25, 0.3) is 0 Å². The van der Waals surface area contributed by atoms with E-state index in [1.165, 1.54) is 6.42 Å². The molecule has 0 amide bonds. The van der Waals surface area contributed by atoms with Crippen molar-refractivity contribution in [3.8, 4) is 0 Å². The summed E-state index contributed by atoms with van der Waals surface area (Å²) in [6, 6.07) is 0.964. The topological polar surface area (TPSA) is 12.0 Å². The lowest BCUT2D eigenvalue weighted by molar-refractivity contribution is 0.166. The lowest BCUT2D eigenvalue weighted by Gasteiger charge is -2.50. The molecule has 1 aliphatic heterocycles. The van der Waals surface area contributed by atoms with Gasteiger partial charge < -0.3 is 5.32 Å². The van der Waals surface area contributed by atoms with Crippen LogP contribution in [0, 0.1) is 17.8 Å². The Morgan fingerprint density at radius 1 is 1.56 bits per heavy atom. The van der Waals surface area contributed by atoms with Crippen molar-refractivity contribution in [3.05, 3.63) is 12.2 Å². The Morgan fingerprint density at radius 3 is 2.89 bits per heavy atom. The molecule has 2 saturated carbocycles. The summed E-state index contributed by atoms with van der Waals surface area (Å²) in [7, 11) is 0. The highest BCUT2D eigenvalue weighted by atomic mass is 15.2. The molecule has 1 saturated heterocycles. The van der Waals surface area contributed by atoms with Crippen molar-refractivity contribution in [2.75, 3.05) is 0 Å². The van der Waals surface area contributed by atoms with E-state index < -0.39 is 0 Å². The summed E-state index contributed by atoms with van der Waals surface area (Å²) in [5.74, 6) is 3.12. The van der Waals surface area contributed by atoms with Crippen molar-refractivity contribution in [2.24, 2.45) is 17.8 Å². The number of piperidine rings is 1. The Morgan fingerprint density at radius 2 is 2.56 bits per heavy atom. The number of nitrogens with one attached hydrogen (secondary N) is 1. The first-order chi connectivity index (χ1) is 4.42. The van der Waals surface area contributed by atoms with Crippen molar-refractivity contribution in [2.45, 2.75) is 18.0 Å². The molecule has 4 rings (SSSR count). The molecule has 3 aliphatic carbocycles. The summed E-state index contributed by atoms with van der Waals surface area (Å²) in [5.41, 5.74) is 0.579. The second-order valence-corrected chi connectivity index (χ2v) is 3.99. The van der Waals surface area contributed by atoms with Crippen molar-refractivity contribution < 1.29 is 0 Å². The zero-order valence-corrected chi connectivity index (χ0v) is 5.17. The van der Waals surface area contributed by atoms with E-state index in [0.29, 0.717) is 5.54 Å². The van der Waals surface area contributed by atoms with Crippen molar-refractivity contribution in [1.29, 1.82) is 0 Å². The molecule has 0 bridgehead atoms. The fourth-order valence-corrected chi connectivity index (χ4v) is 3.32. The van der Waals surface area contributed by atoms with Crippen molar-refractivity contribution in [3.63, 3.8) is 0 Å². The third-order valence-corrected chi connectivity index (χ3v) is 3.88. The molecule has 1 heterocycles. The van der Waals surface area contributed by atoms with E-state index in [0.717, 1.165) is 23.8 Å². The highest BCUT2D eigenvalue weighted by Gasteiger charge is 2.79. The molecule has 9 heavy (non-hydrogen) atoms. The Kier molecular flexibility index (Phi) is 0.307. The van der Waals surface area contributed by atoms with Crippen LogP contribution in [0.3, 0.4) is 0 Å². The predicted octanol–water partition coefficient (Wildman–Crippen LogP) is 0.533. The van der Waals surface area contributed by atoms with E-state index in [4.69, 9.17) is 0 Å². The van der Waals surface area contributed by atoms with Gasteiger partial charge in [-0.3, -0.25) is 0 Å². The Balaban J connectivity index is 2.01. The molecule has 3 fully saturated rings. The predicted molar refractivity (Wildman–Crippen MR) is 33.9 cm³/mol. The van der Waals surface area contributed by atoms with Gasteiger partial charge in [0.15, 0.2) is 0 Å². The molecule has 5 atom stereocenters. The molecule has 0 radical (unpaired) electrons. The Hall–Kier alpha value is -0.300. The third kappa shape index (κ3) is 0.186. The summed E-state index contributed by atoms with van der Waals surface area (Å²) in [4.78, 5) is 0. The van der Waals surface area contributed by atoms with Crippen LogP contribution >= 0.6 is 0 Å². The molecule has 1 nitrogen and oxygen atoms in total. The quantitative estimate of drug-likeness (QED) is 0.459. The van der Waals surface area contributed by atoms with Crippen molar-refractivity contribution >= 4 is 0 Å². The second-order valence-electron chi connectivity index (χ2n) is 3.99. The molecule has 1 heteroatoms. The molecular weight excluding hydrogens is 110 g/mol. The van der Waals surface area contributed by atoms with Crippen LogP contribution < -0.4 is 5.32 Å². The SMILES string of the molecule is C1=CC23NC4C(CC12)C43. The molecule has 5 unspecified atom stereocenters. The fraction of sp³-hybridized carbons (Fsp3) is 0.750.